The second-order valence-electron chi connectivity index (χ2n) is 6.62. The first-order chi connectivity index (χ1) is 13.7. The SMILES string of the molecule is COc1cccc(-n2cc(C(=O)Cc3ccc([C@H]4CNCCO4)cc3)cn2)n1. The van der Waals surface area contributed by atoms with Gasteiger partial charge in [-0.15, -0.1) is 0 Å². The third-order valence-electron chi connectivity index (χ3n) is 4.70. The van der Waals surface area contributed by atoms with Gasteiger partial charge in [0.25, 0.3) is 0 Å². The van der Waals surface area contributed by atoms with Gasteiger partial charge < -0.3 is 14.8 Å². The van der Waals surface area contributed by atoms with Gasteiger partial charge in [0.05, 0.1) is 31.6 Å². The second kappa shape index (κ2) is 8.33. The summed E-state index contributed by atoms with van der Waals surface area (Å²) in [5.41, 5.74) is 2.64. The number of rotatable bonds is 6. The van der Waals surface area contributed by atoms with Gasteiger partial charge in [0.15, 0.2) is 11.6 Å². The Morgan fingerprint density at radius 3 is 2.89 bits per heavy atom. The van der Waals surface area contributed by atoms with Crippen LogP contribution in [0.4, 0.5) is 0 Å². The molecule has 2 aromatic heterocycles. The average Bonchev–Trinajstić information content (AvgIpc) is 3.25. The number of benzene rings is 1. The zero-order valence-electron chi connectivity index (χ0n) is 15.7. The van der Waals surface area contributed by atoms with Gasteiger partial charge in [0.1, 0.15) is 0 Å². The van der Waals surface area contributed by atoms with Crippen molar-refractivity contribution in [1.82, 2.24) is 20.1 Å². The van der Waals surface area contributed by atoms with Gasteiger partial charge in [-0.05, 0) is 17.2 Å². The molecule has 7 nitrogen and oxygen atoms in total. The summed E-state index contributed by atoms with van der Waals surface area (Å²) < 4.78 is 12.5. The third kappa shape index (κ3) is 4.11. The Kier molecular flexibility index (Phi) is 5.45. The van der Waals surface area contributed by atoms with Crippen molar-refractivity contribution in [2.75, 3.05) is 26.8 Å². The van der Waals surface area contributed by atoms with Gasteiger partial charge in [-0.3, -0.25) is 4.79 Å². The van der Waals surface area contributed by atoms with E-state index >= 15 is 0 Å². The lowest BCUT2D eigenvalue weighted by Gasteiger charge is -2.24. The summed E-state index contributed by atoms with van der Waals surface area (Å²) in [6, 6.07) is 13.4. The number of Topliss-reactive ketones (excluding diaryl/α,β-unsaturated/α-hetero) is 1. The van der Waals surface area contributed by atoms with Crippen LogP contribution in [0.3, 0.4) is 0 Å². The predicted octanol–water partition coefficient (Wildman–Crippen LogP) is 2.36. The van der Waals surface area contributed by atoms with Gasteiger partial charge in [-0.2, -0.15) is 10.1 Å². The summed E-state index contributed by atoms with van der Waals surface area (Å²) in [7, 11) is 1.56. The topological polar surface area (TPSA) is 78.3 Å². The Morgan fingerprint density at radius 1 is 1.29 bits per heavy atom. The van der Waals surface area contributed by atoms with E-state index in [0.717, 1.165) is 30.8 Å². The van der Waals surface area contributed by atoms with Gasteiger partial charge >= 0.3 is 0 Å². The summed E-state index contributed by atoms with van der Waals surface area (Å²) in [6.45, 7) is 2.43. The number of carbonyl (C=O) groups is 1. The van der Waals surface area contributed by atoms with E-state index < -0.39 is 0 Å². The number of methoxy groups -OCH3 is 1. The summed E-state index contributed by atoms with van der Waals surface area (Å²) in [6.07, 6.45) is 3.66. The zero-order chi connectivity index (χ0) is 19.3. The Balaban J connectivity index is 1.43. The van der Waals surface area contributed by atoms with Gasteiger partial charge in [-0.1, -0.05) is 30.3 Å². The lowest BCUT2D eigenvalue weighted by molar-refractivity contribution is 0.0277. The monoisotopic (exact) mass is 378 g/mol. The number of aromatic nitrogens is 3. The number of ketones is 1. The number of ether oxygens (including phenoxy) is 2. The van der Waals surface area contributed by atoms with E-state index in [0.29, 0.717) is 23.7 Å². The molecule has 1 fully saturated rings. The fraction of sp³-hybridized carbons (Fsp3) is 0.286. The van der Waals surface area contributed by atoms with E-state index in [9.17, 15) is 4.79 Å². The number of hydrogen-bond acceptors (Lipinski definition) is 6. The molecule has 1 aliphatic rings. The van der Waals surface area contributed by atoms with Crippen LogP contribution in [0.25, 0.3) is 5.82 Å². The molecular formula is C21H22N4O3. The number of carbonyl (C=O) groups excluding carboxylic acids is 1. The van der Waals surface area contributed by atoms with Crippen molar-refractivity contribution in [2.45, 2.75) is 12.5 Å². The van der Waals surface area contributed by atoms with Crippen molar-refractivity contribution >= 4 is 5.78 Å². The molecule has 1 saturated heterocycles. The largest absolute Gasteiger partial charge is 0.481 e. The number of nitrogens with zero attached hydrogens (tertiary/aromatic N) is 3. The van der Waals surface area contributed by atoms with E-state index in [1.165, 1.54) is 0 Å². The van der Waals surface area contributed by atoms with Gasteiger partial charge in [0.2, 0.25) is 5.88 Å². The standard InChI is InChI=1S/C21H22N4O3/c1-27-21-4-2-3-20(24-21)25-14-17(12-23-25)18(26)11-15-5-7-16(8-6-15)19-13-22-9-10-28-19/h2-8,12,14,19,22H,9-11,13H2,1H3/t19-/m1/s1. The van der Waals surface area contributed by atoms with Crippen LogP contribution in [0.2, 0.25) is 0 Å². The average molecular weight is 378 g/mol. The molecule has 28 heavy (non-hydrogen) atoms. The van der Waals surface area contributed by atoms with Crippen molar-refractivity contribution in [2.24, 2.45) is 0 Å². The van der Waals surface area contributed by atoms with Crippen molar-refractivity contribution in [3.8, 4) is 11.7 Å². The molecular weight excluding hydrogens is 356 g/mol. The molecule has 0 radical (unpaired) electrons. The molecule has 3 heterocycles. The van der Waals surface area contributed by atoms with E-state index in [1.54, 1.807) is 30.3 Å². The fourth-order valence-electron chi connectivity index (χ4n) is 3.15. The maximum absolute atomic E-state index is 12.6. The number of morpholine rings is 1. The van der Waals surface area contributed by atoms with Crippen molar-refractivity contribution in [3.63, 3.8) is 0 Å². The first kappa shape index (κ1) is 18.3. The predicted molar refractivity (Wildman–Crippen MR) is 104 cm³/mol. The second-order valence-corrected chi connectivity index (χ2v) is 6.62. The first-order valence-corrected chi connectivity index (χ1v) is 9.23. The number of pyridine rings is 1. The maximum atomic E-state index is 12.6. The summed E-state index contributed by atoms with van der Waals surface area (Å²) in [4.78, 5) is 17.0. The summed E-state index contributed by atoms with van der Waals surface area (Å²) >= 11 is 0. The highest BCUT2D eigenvalue weighted by Gasteiger charge is 2.16. The molecule has 0 aliphatic carbocycles. The molecule has 1 aromatic carbocycles. The summed E-state index contributed by atoms with van der Waals surface area (Å²) in [5, 5.41) is 7.58. The van der Waals surface area contributed by atoms with E-state index in [4.69, 9.17) is 9.47 Å². The lowest BCUT2D eigenvalue weighted by Crippen LogP contribution is -2.33. The minimum Gasteiger partial charge on any atom is -0.481 e. The highest BCUT2D eigenvalue weighted by atomic mass is 16.5. The van der Waals surface area contributed by atoms with Crippen molar-refractivity contribution in [3.05, 3.63) is 71.5 Å². The normalized spacial score (nSPS) is 16.7. The molecule has 1 N–H and O–H groups in total. The molecule has 0 saturated carbocycles. The van der Waals surface area contributed by atoms with Crippen LogP contribution in [0.1, 0.15) is 27.6 Å². The molecule has 0 amide bonds. The Labute approximate surface area is 163 Å². The molecule has 3 aromatic rings. The Bertz CT molecular complexity index is 946. The molecule has 0 unspecified atom stereocenters. The van der Waals surface area contributed by atoms with Crippen molar-refractivity contribution in [1.29, 1.82) is 0 Å². The molecule has 4 rings (SSSR count). The van der Waals surface area contributed by atoms with Crippen LogP contribution in [0.15, 0.2) is 54.9 Å². The molecule has 1 atom stereocenters. The molecule has 1 aliphatic heterocycles. The highest BCUT2D eigenvalue weighted by molar-refractivity contribution is 5.97. The van der Waals surface area contributed by atoms with Crippen LogP contribution in [0, 0.1) is 0 Å². The van der Waals surface area contributed by atoms with Crippen LogP contribution >= 0.6 is 0 Å². The number of nitrogens with one attached hydrogen (secondary N) is 1. The fourth-order valence-corrected chi connectivity index (χ4v) is 3.15. The summed E-state index contributed by atoms with van der Waals surface area (Å²) in [5.74, 6) is 1.11. The maximum Gasteiger partial charge on any atom is 0.214 e. The minimum atomic E-state index is 0.0116. The molecule has 0 bridgehead atoms. The molecule has 144 valence electrons. The third-order valence-corrected chi connectivity index (χ3v) is 4.70. The Hall–Kier alpha value is -3.03. The molecule has 0 spiro atoms. The van der Waals surface area contributed by atoms with Crippen LogP contribution in [-0.4, -0.2) is 47.4 Å². The van der Waals surface area contributed by atoms with E-state index in [2.05, 4.69) is 15.4 Å². The van der Waals surface area contributed by atoms with Crippen molar-refractivity contribution < 1.29 is 14.3 Å². The van der Waals surface area contributed by atoms with Crippen LogP contribution in [0.5, 0.6) is 5.88 Å². The van der Waals surface area contributed by atoms with Gasteiger partial charge in [-0.25, -0.2) is 4.68 Å². The smallest absolute Gasteiger partial charge is 0.214 e. The van der Waals surface area contributed by atoms with Crippen LogP contribution < -0.4 is 10.1 Å². The molecule has 7 heteroatoms. The lowest BCUT2D eigenvalue weighted by atomic mass is 10.0. The first-order valence-electron chi connectivity index (χ1n) is 9.23. The quantitative estimate of drug-likeness (QED) is 0.664. The van der Waals surface area contributed by atoms with E-state index in [1.807, 2.05) is 36.4 Å². The van der Waals surface area contributed by atoms with E-state index in [-0.39, 0.29) is 11.9 Å². The van der Waals surface area contributed by atoms with Gasteiger partial charge in [0, 0.05) is 31.8 Å². The minimum absolute atomic E-state index is 0.0116. The number of hydrogen-bond donors (Lipinski definition) is 1. The zero-order valence-corrected chi connectivity index (χ0v) is 15.7. The van der Waals surface area contributed by atoms with Crippen LogP contribution in [-0.2, 0) is 11.2 Å². The highest BCUT2D eigenvalue weighted by Crippen LogP contribution is 2.20. The Morgan fingerprint density at radius 2 is 2.14 bits per heavy atom.